The lowest BCUT2D eigenvalue weighted by atomic mass is 9.93. The van der Waals surface area contributed by atoms with Gasteiger partial charge in [-0.1, -0.05) is 32.0 Å². The van der Waals surface area contributed by atoms with E-state index in [0.717, 1.165) is 19.3 Å². The van der Waals surface area contributed by atoms with Crippen molar-refractivity contribution in [1.82, 2.24) is 35.1 Å². The summed E-state index contributed by atoms with van der Waals surface area (Å²) in [5.41, 5.74) is 0.482. The van der Waals surface area contributed by atoms with E-state index in [9.17, 15) is 28.8 Å². The number of benzene rings is 1. The van der Waals surface area contributed by atoms with Crippen molar-refractivity contribution in [2.45, 2.75) is 83.8 Å². The number of rotatable bonds is 15. The van der Waals surface area contributed by atoms with E-state index in [1.807, 2.05) is 19.9 Å². The molecule has 1 saturated carbocycles. The molecule has 5 rings (SSSR count). The molecule has 1 aromatic heterocycles. The fourth-order valence-corrected chi connectivity index (χ4v) is 6.37. The van der Waals surface area contributed by atoms with Gasteiger partial charge in [-0.3, -0.25) is 24.0 Å². The first-order valence-electron chi connectivity index (χ1n) is 18.6. The van der Waals surface area contributed by atoms with Crippen LogP contribution in [-0.2, 0) is 28.7 Å². The lowest BCUT2D eigenvalue weighted by Crippen LogP contribution is -2.56. The first-order chi connectivity index (χ1) is 25.5. The van der Waals surface area contributed by atoms with Gasteiger partial charge in [0.15, 0.2) is 12.3 Å². The van der Waals surface area contributed by atoms with Gasteiger partial charge in [-0.25, -0.2) is 9.48 Å². The molecule has 2 saturated heterocycles. The summed E-state index contributed by atoms with van der Waals surface area (Å²) in [7, 11) is 0. The molecule has 3 heterocycles. The predicted octanol–water partition coefficient (Wildman–Crippen LogP) is 2.29. The lowest BCUT2D eigenvalue weighted by Gasteiger charge is -2.35. The van der Waals surface area contributed by atoms with Crippen LogP contribution >= 0.6 is 0 Å². The van der Waals surface area contributed by atoms with Crippen molar-refractivity contribution < 1.29 is 43.0 Å². The monoisotopic (exact) mass is 737 g/mol. The summed E-state index contributed by atoms with van der Waals surface area (Å²) in [6.45, 7) is 7.02. The second kappa shape index (κ2) is 18.6. The van der Waals surface area contributed by atoms with E-state index >= 15 is 0 Å². The van der Waals surface area contributed by atoms with Gasteiger partial charge in [0.05, 0.1) is 18.9 Å². The average molecular weight is 738 g/mol. The van der Waals surface area contributed by atoms with Crippen LogP contribution in [0.5, 0.6) is 5.88 Å². The fraction of sp³-hybridized carbons (Fsp3) is 0.595. The molecule has 16 heteroatoms. The molecule has 2 atom stereocenters. The van der Waals surface area contributed by atoms with Crippen molar-refractivity contribution in [3.63, 3.8) is 0 Å². The molecular weight excluding hydrogens is 686 g/mol. The second-order valence-corrected chi connectivity index (χ2v) is 13.9. The zero-order valence-electron chi connectivity index (χ0n) is 30.8. The quantitative estimate of drug-likeness (QED) is 0.258. The predicted molar refractivity (Wildman–Crippen MR) is 191 cm³/mol. The Labute approximate surface area is 309 Å². The number of nitrogens with one attached hydrogen (secondary N) is 2. The molecule has 0 radical (unpaired) electrons. The molecule has 2 aromatic rings. The van der Waals surface area contributed by atoms with Crippen LogP contribution in [0.1, 0.15) is 76.2 Å². The Balaban J connectivity index is 1.29. The number of esters is 1. The number of carbonyl (C=O) groups is 6. The first-order valence-corrected chi connectivity index (χ1v) is 18.6. The van der Waals surface area contributed by atoms with E-state index in [4.69, 9.17) is 14.2 Å². The van der Waals surface area contributed by atoms with E-state index in [1.54, 1.807) is 41.0 Å². The van der Waals surface area contributed by atoms with E-state index < -0.39 is 36.0 Å². The zero-order chi connectivity index (χ0) is 37.9. The van der Waals surface area contributed by atoms with Gasteiger partial charge in [0.2, 0.25) is 17.7 Å². The number of amides is 5. The minimum absolute atomic E-state index is 0.0256. The molecule has 16 nitrogen and oxygen atoms in total. The number of piperazine rings is 1. The molecule has 53 heavy (non-hydrogen) atoms. The molecule has 2 N–H and O–H groups in total. The Morgan fingerprint density at radius 1 is 0.906 bits per heavy atom. The SMILES string of the molecule is CCOC(=O)N1CCN(C(=O)C(CCC(=O)OCC(C)C)NC(=O)c2cc(OCC(=O)N3CCCC3C(=O)NC3CCC3)n(-c3ccccc3)n2)CC1. The molecule has 1 aromatic carbocycles. The van der Waals surface area contributed by atoms with Gasteiger partial charge >= 0.3 is 12.1 Å². The number of hydrogen-bond acceptors (Lipinski definition) is 10. The topological polar surface area (TPSA) is 182 Å². The molecule has 3 aliphatic rings. The molecule has 0 spiro atoms. The molecule has 3 fully saturated rings. The van der Waals surface area contributed by atoms with Crippen LogP contribution < -0.4 is 15.4 Å². The van der Waals surface area contributed by atoms with Gasteiger partial charge < -0.3 is 39.5 Å². The Morgan fingerprint density at radius 3 is 2.28 bits per heavy atom. The van der Waals surface area contributed by atoms with Gasteiger partial charge in [0.1, 0.15) is 12.1 Å². The van der Waals surface area contributed by atoms with Crippen LogP contribution in [0.4, 0.5) is 4.79 Å². The molecule has 2 aliphatic heterocycles. The van der Waals surface area contributed by atoms with Crippen molar-refractivity contribution in [2.24, 2.45) is 5.92 Å². The van der Waals surface area contributed by atoms with Gasteiger partial charge in [-0.05, 0) is 63.5 Å². The summed E-state index contributed by atoms with van der Waals surface area (Å²) < 4.78 is 17.8. The van der Waals surface area contributed by atoms with Crippen LogP contribution in [0.3, 0.4) is 0 Å². The minimum Gasteiger partial charge on any atom is -0.467 e. The number of nitrogens with zero attached hydrogens (tertiary/aromatic N) is 5. The average Bonchev–Trinajstić information content (AvgIpc) is 3.82. The smallest absolute Gasteiger partial charge is 0.409 e. The zero-order valence-corrected chi connectivity index (χ0v) is 30.8. The largest absolute Gasteiger partial charge is 0.467 e. The highest BCUT2D eigenvalue weighted by Crippen LogP contribution is 2.24. The van der Waals surface area contributed by atoms with Crippen LogP contribution in [0.2, 0.25) is 0 Å². The Hall–Kier alpha value is -5.15. The highest BCUT2D eigenvalue weighted by atomic mass is 16.6. The standard InChI is InChI=1S/C37H51N7O9/c1-4-51-37(50)42-20-18-41(19-21-42)36(49)28(15-16-33(46)53-23-25(2)3)39-34(47)29-22-32(44(40-29)27-12-6-5-7-13-27)52-24-31(45)43-17-9-14-30(43)35(48)38-26-10-8-11-26/h5-7,12-13,22,25-26,28,30H,4,8-11,14-21,23-24H2,1-3H3,(H,38,48)(H,39,47). The molecule has 0 bridgehead atoms. The van der Waals surface area contributed by atoms with E-state index in [0.29, 0.717) is 25.1 Å². The first kappa shape index (κ1) is 39.1. The summed E-state index contributed by atoms with van der Waals surface area (Å²) in [5.74, 6) is -1.86. The third kappa shape index (κ3) is 10.5. The highest BCUT2D eigenvalue weighted by Gasteiger charge is 2.36. The molecule has 2 unspecified atom stereocenters. The Bertz CT molecular complexity index is 1600. The number of para-hydroxylation sites is 1. The number of likely N-dealkylation sites (tertiary alicyclic amines) is 1. The van der Waals surface area contributed by atoms with Gasteiger partial charge in [0, 0.05) is 51.3 Å². The second-order valence-electron chi connectivity index (χ2n) is 13.9. The minimum atomic E-state index is -1.10. The summed E-state index contributed by atoms with van der Waals surface area (Å²) in [6.07, 6.45) is 3.66. The molecule has 288 valence electrons. The third-order valence-corrected chi connectivity index (χ3v) is 9.52. The Morgan fingerprint density at radius 2 is 1.62 bits per heavy atom. The van der Waals surface area contributed by atoms with Crippen molar-refractivity contribution in [1.29, 1.82) is 0 Å². The Kier molecular flexibility index (Phi) is 13.7. The van der Waals surface area contributed by atoms with Crippen molar-refractivity contribution in [3.05, 3.63) is 42.1 Å². The molecule has 5 amide bonds. The van der Waals surface area contributed by atoms with Crippen LogP contribution in [0.25, 0.3) is 5.69 Å². The number of aromatic nitrogens is 2. The van der Waals surface area contributed by atoms with Crippen LogP contribution in [-0.4, -0.2) is 131 Å². The summed E-state index contributed by atoms with van der Waals surface area (Å²) >= 11 is 0. The summed E-state index contributed by atoms with van der Waals surface area (Å²) in [5, 5.41) is 10.3. The van der Waals surface area contributed by atoms with E-state index in [1.165, 1.54) is 15.6 Å². The lowest BCUT2D eigenvalue weighted by molar-refractivity contribution is -0.145. The van der Waals surface area contributed by atoms with E-state index in [2.05, 4.69) is 15.7 Å². The number of carbonyl (C=O) groups excluding carboxylic acids is 6. The summed E-state index contributed by atoms with van der Waals surface area (Å²) in [6, 6.07) is 8.80. The maximum Gasteiger partial charge on any atom is 0.409 e. The summed E-state index contributed by atoms with van der Waals surface area (Å²) in [4.78, 5) is 83.2. The van der Waals surface area contributed by atoms with Crippen molar-refractivity contribution in [3.8, 4) is 11.6 Å². The molecule has 1 aliphatic carbocycles. The third-order valence-electron chi connectivity index (χ3n) is 9.52. The van der Waals surface area contributed by atoms with Crippen LogP contribution in [0.15, 0.2) is 36.4 Å². The van der Waals surface area contributed by atoms with Crippen molar-refractivity contribution >= 4 is 35.7 Å². The molecular formula is C37H51N7O9. The number of hydrogen-bond donors (Lipinski definition) is 2. The van der Waals surface area contributed by atoms with Crippen molar-refractivity contribution in [2.75, 3.05) is 52.5 Å². The van der Waals surface area contributed by atoms with E-state index in [-0.39, 0.29) is 94.2 Å². The van der Waals surface area contributed by atoms with Gasteiger partial charge in [0.25, 0.3) is 11.8 Å². The highest BCUT2D eigenvalue weighted by molar-refractivity contribution is 5.96. The maximum atomic E-state index is 13.8. The van der Waals surface area contributed by atoms with Gasteiger partial charge in [-0.2, -0.15) is 5.10 Å². The number of ether oxygens (including phenoxy) is 3. The van der Waals surface area contributed by atoms with Crippen LogP contribution in [0, 0.1) is 5.92 Å². The fourth-order valence-electron chi connectivity index (χ4n) is 6.37. The maximum absolute atomic E-state index is 13.8. The normalized spacial score (nSPS) is 17.9. The van der Waals surface area contributed by atoms with Gasteiger partial charge in [-0.15, -0.1) is 0 Å².